The van der Waals surface area contributed by atoms with Crippen LogP contribution in [0.25, 0.3) is 0 Å². The molecule has 0 aliphatic heterocycles. The molecular weight excluding hydrogens is 538 g/mol. The van der Waals surface area contributed by atoms with E-state index in [4.69, 9.17) is 4.74 Å². The van der Waals surface area contributed by atoms with Crippen LogP contribution in [0.2, 0.25) is 0 Å². The molecule has 0 bridgehead atoms. The number of aryl methyl sites for hydroxylation is 1. The van der Waals surface area contributed by atoms with Crippen LogP contribution >= 0.6 is 0 Å². The molecule has 0 saturated heterocycles. The monoisotopic (exact) mass is 579 g/mol. The number of nitrogens with zero attached hydrogens (tertiary/aromatic N) is 2. The lowest BCUT2D eigenvalue weighted by Gasteiger charge is -2.33. The van der Waals surface area contributed by atoms with Crippen molar-refractivity contribution in [3.05, 3.63) is 90.0 Å². The van der Waals surface area contributed by atoms with E-state index in [2.05, 4.69) is 5.32 Å². The zero-order valence-corrected chi connectivity index (χ0v) is 25.2. The predicted molar refractivity (Wildman–Crippen MR) is 163 cm³/mol. The number of carbonyl (C=O) groups is 2. The van der Waals surface area contributed by atoms with E-state index in [0.717, 1.165) is 28.3 Å². The third kappa shape index (κ3) is 8.57. The Morgan fingerprint density at radius 3 is 2.29 bits per heavy atom. The van der Waals surface area contributed by atoms with Crippen molar-refractivity contribution in [1.29, 1.82) is 0 Å². The molecule has 9 heteroatoms. The van der Waals surface area contributed by atoms with Gasteiger partial charge in [0, 0.05) is 19.2 Å². The number of nitrogens with one attached hydrogen (secondary N) is 1. The molecule has 3 aromatic rings. The van der Waals surface area contributed by atoms with Gasteiger partial charge in [-0.05, 0) is 56.0 Å². The van der Waals surface area contributed by atoms with E-state index < -0.39 is 28.5 Å². The Morgan fingerprint density at radius 1 is 0.951 bits per heavy atom. The van der Waals surface area contributed by atoms with Gasteiger partial charge in [0.05, 0.1) is 17.7 Å². The topological polar surface area (TPSA) is 96.0 Å². The zero-order valence-electron chi connectivity index (χ0n) is 24.4. The molecule has 8 nitrogen and oxygen atoms in total. The fraction of sp³-hybridized carbons (Fsp3) is 0.375. The first kappa shape index (κ1) is 31.7. The van der Waals surface area contributed by atoms with Gasteiger partial charge in [-0.15, -0.1) is 0 Å². The maximum absolute atomic E-state index is 14.1. The number of hydrogen-bond donors (Lipinski definition) is 1. The van der Waals surface area contributed by atoms with Gasteiger partial charge in [0.15, 0.2) is 0 Å². The normalized spacial score (nSPS) is 11.9. The number of amides is 2. The molecule has 0 fully saturated rings. The number of hydrogen-bond acceptors (Lipinski definition) is 5. The Bertz CT molecular complexity index is 1380. The van der Waals surface area contributed by atoms with Crippen molar-refractivity contribution >= 4 is 27.5 Å². The fourth-order valence-electron chi connectivity index (χ4n) is 4.53. The van der Waals surface area contributed by atoms with Gasteiger partial charge in [0.1, 0.15) is 18.3 Å². The molecule has 1 atom stereocenters. The van der Waals surface area contributed by atoms with E-state index >= 15 is 0 Å². The van der Waals surface area contributed by atoms with E-state index in [9.17, 15) is 18.0 Å². The van der Waals surface area contributed by atoms with Crippen molar-refractivity contribution < 1.29 is 22.7 Å². The molecule has 0 spiro atoms. The molecule has 0 radical (unpaired) electrons. The minimum atomic E-state index is -4.13. The molecule has 0 heterocycles. The van der Waals surface area contributed by atoms with Gasteiger partial charge in [-0.3, -0.25) is 13.9 Å². The zero-order chi connectivity index (χ0) is 29.8. The maximum atomic E-state index is 14.1. The first-order valence-electron chi connectivity index (χ1n) is 14.1. The third-order valence-corrected chi connectivity index (χ3v) is 8.72. The number of unbranched alkanes of at least 4 members (excludes halogenated alkanes) is 1. The number of rotatable bonds is 15. The summed E-state index contributed by atoms with van der Waals surface area (Å²) in [7, 11) is -2.63. The molecule has 1 N–H and O–H groups in total. The van der Waals surface area contributed by atoms with Crippen LogP contribution in [-0.2, 0) is 26.0 Å². The van der Waals surface area contributed by atoms with E-state index in [1.165, 1.54) is 24.1 Å². The highest BCUT2D eigenvalue weighted by atomic mass is 32.2. The van der Waals surface area contributed by atoms with Crippen molar-refractivity contribution in [3.63, 3.8) is 0 Å². The average molecular weight is 580 g/mol. The number of carbonyl (C=O) groups excluding carboxylic acids is 2. The standard InChI is InChI=1S/C32H41N3O5S/c1-5-7-21-33-32(37)30(6-2)34(22-20-26-12-9-8-10-13-26)31(36)24-35(27-14-11-15-28(23-27)40-4)41(38,39)29-18-16-25(3)17-19-29/h8-19,23,30H,5-7,20-22,24H2,1-4H3,(H,33,37). The van der Waals surface area contributed by atoms with Crippen LogP contribution in [-0.4, -0.2) is 57.9 Å². The van der Waals surface area contributed by atoms with Crippen molar-refractivity contribution in [1.82, 2.24) is 10.2 Å². The number of anilines is 1. The lowest BCUT2D eigenvalue weighted by Crippen LogP contribution is -2.53. The lowest BCUT2D eigenvalue weighted by molar-refractivity contribution is -0.139. The Morgan fingerprint density at radius 2 is 1.66 bits per heavy atom. The molecule has 0 aliphatic rings. The fourth-order valence-corrected chi connectivity index (χ4v) is 5.94. The SMILES string of the molecule is CCCCNC(=O)C(CC)N(CCc1ccccc1)C(=O)CN(c1cccc(OC)c1)S(=O)(=O)c1ccc(C)cc1. The highest BCUT2D eigenvalue weighted by molar-refractivity contribution is 7.92. The van der Waals surface area contributed by atoms with Gasteiger partial charge in [-0.25, -0.2) is 8.42 Å². The highest BCUT2D eigenvalue weighted by Crippen LogP contribution is 2.27. The number of methoxy groups -OCH3 is 1. The van der Waals surface area contributed by atoms with Crippen LogP contribution in [0, 0.1) is 6.92 Å². The minimum absolute atomic E-state index is 0.0684. The molecule has 220 valence electrons. The first-order chi connectivity index (χ1) is 19.7. The average Bonchev–Trinajstić information content (AvgIpc) is 2.98. The van der Waals surface area contributed by atoms with E-state index in [-0.39, 0.29) is 17.3 Å². The molecule has 0 saturated carbocycles. The van der Waals surface area contributed by atoms with Crippen LogP contribution in [0.4, 0.5) is 5.69 Å². The number of sulfonamides is 1. The van der Waals surface area contributed by atoms with Gasteiger partial charge in [0.25, 0.3) is 10.0 Å². The summed E-state index contributed by atoms with van der Waals surface area (Å²) in [6.45, 7) is 6.08. The Labute approximate surface area is 244 Å². The Balaban J connectivity index is 2.00. The summed E-state index contributed by atoms with van der Waals surface area (Å²) < 4.78 is 34.4. The number of benzene rings is 3. The minimum Gasteiger partial charge on any atom is -0.497 e. The van der Waals surface area contributed by atoms with Crippen molar-refractivity contribution in [3.8, 4) is 5.75 Å². The summed E-state index contributed by atoms with van der Waals surface area (Å²) in [5.41, 5.74) is 2.23. The summed E-state index contributed by atoms with van der Waals surface area (Å²) in [6.07, 6.45) is 2.68. The van der Waals surface area contributed by atoms with Gasteiger partial charge in [0.2, 0.25) is 11.8 Å². The summed E-state index contributed by atoms with van der Waals surface area (Å²) in [5, 5.41) is 2.95. The van der Waals surface area contributed by atoms with Crippen LogP contribution in [0.5, 0.6) is 5.75 Å². The van der Waals surface area contributed by atoms with Crippen molar-refractivity contribution in [2.24, 2.45) is 0 Å². The summed E-state index contributed by atoms with van der Waals surface area (Å²) in [5.74, 6) is -0.240. The van der Waals surface area contributed by atoms with E-state index in [1.54, 1.807) is 36.4 Å². The molecule has 0 aliphatic carbocycles. The molecule has 1 unspecified atom stereocenters. The summed E-state index contributed by atoms with van der Waals surface area (Å²) >= 11 is 0. The molecule has 3 rings (SSSR count). The van der Waals surface area contributed by atoms with Crippen LogP contribution in [0.1, 0.15) is 44.2 Å². The summed E-state index contributed by atoms with van der Waals surface area (Å²) in [6, 6.07) is 22.1. The molecule has 0 aromatic heterocycles. The Kier molecular flexibility index (Phi) is 11.8. The second-order valence-corrected chi connectivity index (χ2v) is 11.8. The van der Waals surface area contributed by atoms with Crippen molar-refractivity contribution in [2.75, 3.05) is 31.0 Å². The van der Waals surface area contributed by atoms with E-state index in [1.807, 2.05) is 51.1 Å². The second kappa shape index (κ2) is 15.2. The quantitative estimate of drug-likeness (QED) is 0.257. The first-order valence-corrected chi connectivity index (χ1v) is 15.5. The lowest BCUT2D eigenvalue weighted by atomic mass is 10.1. The van der Waals surface area contributed by atoms with E-state index in [0.29, 0.717) is 30.8 Å². The predicted octanol–water partition coefficient (Wildman–Crippen LogP) is 4.97. The smallest absolute Gasteiger partial charge is 0.264 e. The maximum Gasteiger partial charge on any atom is 0.264 e. The Hall–Kier alpha value is -3.85. The third-order valence-electron chi connectivity index (χ3n) is 6.93. The van der Waals surface area contributed by atoms with Crippen molar-refractivity contribution in [2.45, 2.75) is 57.4 Å². The summed E-state index contributed by atoms with van der Waals surface area (Å²) in [4.78, 5) is 28.9. The molecule has 3 aromatic carbocycles. The molecule has 41 heavy (non-hydrogen) atoms. The van der Waals surface area contributed by atoms with Crippen LogP contribution < -0.4 is 14.4 Å². The molecule has 2 amide bonds. The van der Waals surface area contributed by atoms with Gasteiger partial charge in [-0.1, -0.05) is 74.4 Å². The van der Waals surface area contributed by atoms with Crippen LogP contribution in [0.15, 0.2) is 83.8 Å². The largest absolute Gasteiger partial charge is 0.497 e. The molecular formula is C32H41N3O5S. The number of ether oxygens (including phenoxy) is 1. The second-order valence-electron chi connectivity index (χ2n) is 9.92. The van der Waals surface area contributed by atoms with Gasteiger partial charge < -0.3 is 15.0 Å². The van der Waals surface area contributed by atoms with Crippen LogP contribution in [0.3, 0.4) is 0 Å². The van der Waals surface area contributed by atoms with Gasteiger partial charge >= 0.3 is 0 Å². The highest BCUT2D eigenvalue weighted by Gasteiger charge is 2.33. The van der Waals surface area contributed by atoms with Gasteiger partial charge in [-0.2, -0.15) is 0 Å².